The van der Waals surface area contributed by atoms with Crippen molar-refractivity contribution in [2.45, 2.75) is 12.7 Å². The molecular weight excluding hydrogens is 252 g/mol. The van der Waals surface area contributed by atoms with Crippen LogP contribution in [0.5, 0.6) is 0 Å². The van der Waals surface area contributed by atoms with Gasteiger partial charge in [-0.05, 0) is 11.1 Å². The summed E-state index contributed by atoms with van der Waals surface area (Å²) in [5.41, 5.74) is 2.95. The van der Waals surface area contributed by atoms with Gasteiger partial charge in [0.05, 0.1) is 19.6 Å². The number of rotatable bonds is 4. The summed E-state index contributed by atoms with van der Waals surface area (Å²) >= 11 is 0. The van der Waals surface area contributed by atoms with Gasteiger partial charge in [-0.15, -0.1) is 0 Å². The maximum Gasteiger partial charge on any atom is 0.167 e. The predicted molar refractivity (Wildman–Crippen MR) is 76.5 cm³/mol. The fourth-order valence-electron chi connectivity index (χ4n) is 2.27. The maximum atomic E-state index is 12.1. The van der Waals surface area contributed by atoms with Crippen LogP contribution in [0.2, 0.25) is 0 Å². The number of hydrogen-bond donors (Lipinski definition) is 0. The van der Waals surface area contributed by atoms with Gasteiger partial charge in [0.15, 0.2) is 12.1 Å². The summed E-state index contributed by atoms with van der Waals surface area (Å²) in [6, 6.07) is 17.8. The second-order valence-electron chi connectivity index (χ2n) is 4.74. The third-order valence-electron chi connectivity index (χ3n) is 3.36. The molecule has 0 unspecified atom stereocenters. The van der Waals surface area contributed by atoms with Crippen LogP contribution in [0.15, 0.2) is 54.6 Å². The third-order valence-corrected chi connectivity index (χ3v) is 3.36. The molecule has 1 fully saturated rings. The van der Waals surface area contributed by atoms with Crippen molar-refractivity contribution in [3.05, 3.63) is 60.2 Å². The number of benzene rings is 2. The fraction of sp³-hybridized carbons (Fsp3) is 0.235. The Morgan fingerprint density at radius 2 is 1.50 bits per heavy atom. The van der Waals surface area contributed by atoms with E-state index in [2.05, 4.69) is 12.1 Å². The summed E-state index contributed by atoms with van der Waals surface area (Å²) in [7, 11) is 0. The van der Waals surface area contributed by atoms with E-state index in [4.69, 9.17) is 9.47 Å². The van der Waals surface area contributed by atoms with Gasteiger partial charge < -0.3 is 9.47 Å². The number of ketones is 1. The lowest BCUT2D eigenvalue weighted by molar-refractivity contribution is -0.0407. The van der Waals surface area contributed by atoms with E-state index in [1.54, 1.807) is 0 Å². The summed E-state index contributed by atoms with van der Waals surface area (Å²) in [6.07, 6.45) is -0.0960. The van der Waals surface area contributed by atoms with E-state index in [0.717, 1.165) is 11.1 Å². The van der Waals surface area contributed by atoms with Gasteiger partial charge in [0.25, 0.3) is 0 Å². The molecule has 0 saturated carbocycles. The lowest BCUT2D eigenvalue weighted by atomic mass is 10.0. The van der Waals surface area contributed by atoms with Crippen molar-refractivity contribution < 1.29 is 14.3 Å². The van der Waals surface area contributed by atoms with Crippen LogP contribution in [0.4, 0.5) is 0 Å². The Morgan fingerprint density at radius 1 is 0.900 bits per heavy atom. The molecule has 2 aromatic rings. The smallest absolute Gasteiger partial charge is 0.167 e. The number of carbonyl (C=O) groups excluding carboxylic acids is 1. The molecule has 1 aliphatic rings. The highest BCUT2D eigenvalue weighted by molar-refractivity contribution is 5.96. The first-order chi connectivity index (χ1) is 9.83. The second kappa shape index (κ2) is 5.99. The molecule has 0 spiro atoms. The molecule has 1 aliphatic heterocycles. The van der Waals surface area contributed by atoms with Crippen molar-refractivity contribution in [2.24, 2.45) is 0 Å². The zero-order chi connectivity index (χ0) is 13.8. The minimum absolute atomic E-state index is 0.0523. The van der Waals surface area contributed by atoms with Crippen LogP contribution in [0.25, 0.3) is 11.1 Å². The first-order valence-corrected chi connectivity index (χ1v) is 6.75. The molecule has 0 bridgehead atoms. The molecule has 3 heteroatoms. The van der Waals surface area contributed by atoms with Crippen molar-refractivity contribution in [1.29, 1.82) is 0 Å². The summed E-state index contributed by atoms with van der Waals surface area (Å²) in [6.45, 7) is 1.15. The normalized spacial score (nSPS) is 15.4. The highest BCUT2D eigenvalue weighted by atomic mass is 16.7. The molecule has 2 aromatic carbocycles. The van der Waals surface area contributed by atoms with Gasteiger partial charge in [-0.3, -0.25) is 4.79 Å². The van der Waals surface area contributed by atoms with Gasteiger partial charge in [-0.1, -0.05) is 54.6 Å². The molecular formula is C17H16O3. The van der Waals surface area contributed by atoms with Crippen LogP contribution < -0.4 is 0 Å². The van der Waals surface area contributed by atoms with E-state index in [0.29, 0.717) is 18.8 Å². The lowest BCUT2D eigenvalue weighted by Crippen LogP contribution is -2.14. The Balaban J connectivity index is 1.71. The van der Waals surface area contributed by atoms with Gasteiger partial charge in [0.2, 0.25) is 0 Å². The molecule has 0 radical (unpaired) electrons. The van der Waals surface area contributed by atoms with Gasteiger partial charge in [0.1, 0.15) is 0 Å². The number of carbonyl (C=O) groups is 1. The van der Waals surface area contributed by atoms with Gasteiger partial charge in [-0.25, -0.2) is 0 Å². The Bertz CT molecular complexity index is 569. The Morgan fingerprint density at radius 3 is 2.15 bits per heavy atom. The van der Waals surface area contributed by atoms with Crippen molar-refractivity contribution in [2.75, 3.05) is 13.2 Å². The Labute approximate surface area is 118 Å². The van der Waals surface area contributed by atoms with Crippen molar-refractivity contribution in [1.82, 2.24) is 0 Å². The molecule has 1 heterocycles. The standard InChI is InChI=1S/C17H16O3/c18-16(12-17-19-10-11-20-17)15-8-6-14(7-9-15)13-4-2-1-3-5-13/h1-9,17H,10-12H2. The minimum atomic E-state index is -0.378. The van der Waals surface area contributed by atoms with Gasteiger partial charge in [0, 0.05) is 5.56 Å². The highest BCUT2D eigenvalue weighted by Crippen LogP contribution is 2.20. The van der Waals surface area contributed by atoms with E-state index in [-0.39, 0.29) is 18.5 Å². The first-order valence-electron chi connectivity index (χ1n) is 6.75. The molecule has 0 atom stereocenters. The van der Waals surface area contributed by atoms with Gasteiger partial charge >= 0.3 is 0 Å². The van der Waals surface area contributed by atoms with Crippen LogP contribution in [-0.2, 0) is 9.47 Å². The molecule has 3 rings (SSSR count). The molecule has 102 valence electrons. The van der Waals surface area contributed by atoms with Gasteiger partial charge in [-0.2, -0.15) is 0 Å². The monoisotopic (exact) mass is 268 g/mol. The van der Waals surface area contributed by atoms with Crippen LogP contribution in [-0.4, -0.2) is 25.3 Å². The molecule has 1 saturated heterocycles. The summed E-state index contributed by atoms with van der Waals surface area (Å²) in [5, 5.41) is 0. The van der Waals surface area contributed by atoms with Crippen LogP contribution in [0.3, 0.4) is 0 Å². The molecule has 0 N–H and O–H groups in total. The van der Waals surface area contributed by atoms with E-state index >= 15 is 0 Å². The molecule has 3 nitrogen and oxygen atoms in total. The molecule has 20 heavy (non-hydrogen) atoms. The fourth-order valence-corrected chi connectivity index (χ4v) is 2.27. The lowest BCUT2D eigenvalue weighted by Gasteiger charge is -2.08. The second-order valence-corrected chi connectivity index (χ2v) is 4.74. The van der Waals surface area contributed by atoms with E-state index < -0.39 is 0 Å². The molecule has 0 aromatic heterocycles. The van der Waals surface area contributed by atoms with E-state index in [9.17, 15) is 4.79 Å². The van der Waals surface area contributed by atoms with Crippen molar-refractivity contribution in [3.63, 3.8) is 0 Å². The highest BCUT2D eigenvalue weighted by Gasteiger charge is 2.20. The predicted octanol–water partition coefficient (Wildman–Crippen LogP) is 3.30. The Hall–Kier alpha value is -1.97. The molecule has 0 amide bonds. The maximum absolute atomic E-state index is 12.1. The van der Waals surface area contributed by atoms with E-state index in [1.165, 1.54) is 0 Å². The Kier molecular flexibility index (Phi) is 3.90. The quantitative estimate of drug-likeness (QED) is 0.798. The van der Waals surface area contributed by atoms with Crippen LogP contribution in [0.1, 0.15) is 16.8 Å². The minimum Gasteiger partial charge on any atom is -0.350 e. The van der Waals surface area contributed by atoms with Crippen LogP contribution in [0, 0.1) is 0 Å². The number of ether oxygens (including phenoxy) is 2. The zero-order valence-corrected chi connectivity index (χ0v) is 11.1. The van der Waals surface area contributed by atoms with E-state index in [1.807, 2.05) is 42.5 Å². The first kappa shape index (κ1) is 13.0. The average Bonchev–Trinajstić information content (AvgIpc) is 3.01. The topological polar surface area (TPSA) is 35.5 Å². The number of Topliss-reactive ketones (excluding diaryl/α,β-unsaturated/α-hetero) is 1. The van der Waals surface area contributed by atoms with Crippen molar-refractivity contribution >= 4 is 5.78 Å². The molecule has 0 aliphatic carbocycles. The summed E-state index contributed by atoms with van der Waals surface area (Å²) < 4.78 is 10.6. The van der Waals surface area contributed by atoms with Crippen molar-refractivity contribution in [3.8, 4) is 11.1 Å². The summed E-state index contributed by atoms with van der Waals surface area (Å²) in [4.78, 5) is 12.1. The summed E-state index contributed by atoms with van der Waals surface area (Å²) in [5.74, 6) is 0.0523. The SMILES string of the molecule is O=C(CC1OCCO1)c1ccc(-c2ccccc2)cc1. The third kappa shape index (κ3) is 2.95. The average molecular weight is 268 g/mol. The largest absolute Gasteiger partial charge is 0.350 e. The zero-order valence-electron chi connectivity index (χ0n) is 11.1. The van der Waals surface area contributed by atoms with Crippen LogP contribution >= 0.6 is 0 Å². The number of hydrogen-bond acceptors (Lipinski definition) is 3.